The normalized spacial score (nSPS) is 19.4. The molecule has 1 N–H and O–H groups in total. The van der Waals surface area contributed by atoms with E-state index in [2.05, 4.69) is 18.7 Å². The predicted octanol–water partition coefficient (Wildman–Crippen LogP) is 2.30. The molecule has 1 aliphatic rings. The molecular formula is C18H27FN2O2. The van der Waals surface area contributed by atoms with Crippen LogP contribution in [0, 0.1) is 18.7 Å². The van der Waals surface area contributed by atoms with Gasteiger partial charge in [0.1, 0.15) is 5.82 Å². The smallest absolute Gasteiger partial charge is 0.254 e. The van der Waals surface area contributed by atoms with Gasteiger partial charge in [-0.25, -0.2) is 4.39 Å². The van der Waals surface area contributed by atoms with Crippen LogP contribution in [0.4, 0.5) is 4.39 Å². The first-order valence-electron chi connectivity index (χ1n) is 8.33. The van der Waals surface area contributed by atoms with E-state index < -0.39 is 0 Å². The molecule has 1 aliphatic heterocycles. The second-order valence-corrected chi connectivity index (χ2v) is 6.72. The molecule has 0 bridgehead atoms. The van der Waals surface area contributed by atoms with Crippen LogP contribution in [0.25, 0.3) is 0 Å². The molecule has 5 heteroatoms. The highest BCUT2D eigenvalue weighted by molar-refractivity contribution is 5.95. The first-order chi connectivity index (χ1) is 10.9. The third-order valence-electron chi connectivity index (χ3n) is 4.45. The van der Waals surface area contributed by atoms with Gasteiger partial charge >= 0.3 is 0 Å². The Labute approximate surface area is 137 Å². The summed E-state index contributed by atoms with van der Waals surface area (Å²) < 4.78 is 13.7. The highest BCUT2D eigenvalue weighted by Gasteiger charge is 2.30. The van der Waals surface area contributed by atoms with Gasteiger partial charge in [-0.1, -0.05) is 19.9 Å². The number of halogens is 1. The average Bonchev–Trinajstić information content (AvgIpc) is 2.51. The zero-order valence-corrected chi connectivity index (χ0v) is 14.3. The highest BCUT2D eigenvalue weighted by atomic mass is 19.1. The van der Waals surface area contributed by atoms with Gasteiger partial charge in [-0.15, -0.1) is 0 Å². The van der Waals surface area contributed by atoms with Crippen LogP contribution in [0.5, 0.6) is 0 Å². The number of benzene rings is 1. The lowest BCUT2D eigenvalue weighted by Gasteiger charge is -2.42. The molecule has 0 radical (unpaired) electrons. The molecule has 1 fully saturated rings. The first-order valence-corrected chi connectivity index (χ1v) is 8.33. The van der Waals surface area contributed by atoms with Gasteiger partial charge in [0.15, 0.2) is 0 Å². The number of piperazine rings is 1. The van der Waals surface area contributed by atoms with Crippen molar-refractivity contribution in [3.8, 4) is 0 Å². The lowest BCUT2D eigenvalue weighted by atomic mass is 10.0. The van der Waals surface area contributed by atoms with Crippen LogP contribution in [0.2, 0.25) is 0 Å². The van der Waals surface area contributed by atoms with E-state index in [1.807, 2.05) is 0 Å². The van der Waals surface area contributed by atoms with E-state index in [9.17, 15) is 14.3 Å². The van der Waals surface area contributed by atoms with Crippen LogP contribution >= 0.6 is 0 Å². The molecule has 0 aromatic heterocycles. The van der Waals surface area contributed by atoms with E-state index in [-0.39, 0.29) is 24.4 Å². The third kappa shape index (κ3) is 4.30. The van der Waals surface area contributed by atoms with Crippen LogP contribution in [-0.2, 0) is 0 Å². The number of aliphatic hydroxyl groups is 1. The zero-order chi connectivity index (χ0) is 17.0. The zero-order valence-electron chi connectivity index (χ0n) is 14.3. The molecule has 0 saturated carbocycles. The minimum absolute atomic E-state index is 0.111. The Morgan fingerprint density at radius 3 is 2.78 bits per heavy atom. The van der Waals surface area contributed by atoms with E-state index in [4.69, 9.17) is 0 Å². The number of aliphatic hydroxyl groups excluding tert-OH is 1. The molecule has 23 heavy (non-hydrogen) atoms. The van der Waals surface area contributed by atoms with Crippen LogP contribution in [-0.4, -0.2) is 59.6 Å². The van der Waals surface area contributed by atoms with Crippen molar-refractivity contribution in [1.82, 2.24) is 9.80 Å². The Morgan fingerprint density at radius 1 is 1.39 bits per heavy atom. The largest absolute Gasteiger partial charge is 0.396 e. The number of nitrogens with zero attached hydrogens (tertiary/aromatic N) is 2. The summed E-state index contributed by atoms with van der Waals surface area (Å²) in [6.45, 7) is 9.08. The Balaban J connectivity index is 2.12. The molecule has 1 aromatic carbocycles. The topological polar surface area (TPSA) is 43.8 Å². The van der Waals surface area contributed by atoms with Crippen molar-refractivity contribution in [2.75, 3.05) is 32.8 Å². The van der Waals surface area contributed by atoms with Crippen molar-refractivity contribution < 1.29 is 14.3 Å². The van der Waals surface area contributed by atoms with Gasteiger partial charge in [-0.05, 0) is 37.0 Å². The summed E-state index contributed by atoms with van der Waals surface area (Å²) in [5.74, 6) is 0.0826. The molecule has 1 heterocycles. The number of hydrogen-bond acceptors (Lipinski definition) is 3. The minimum Gasteiger partial charge on any atom is -0.396 e. The van der Waals surface area contributed by atoms with Crippen LogP contribution < -0.4 is 0 Å². The summed E-state index contributed by atoms with van der Waals surface area (Å²) in [5, 5.41) is 9.31. The summed E-state index contributed by atoms with van der Waals surface area (Å²) in [6, 6.07) is 4.80. The quantitative estimate of drug-likeness (QED) is 0.905. The molecule has 128 valence electrons. The predicted molar refractivity (Wildman–Crippen MR) is 88.9 cm³/mol. The fourth-order valence-corrected chi connectivity index (χ4v) is 3.22. The number of amides is 1. The molecule has 0 aliphatic carbocycles. The summed E-state index contributed by atoms with van der Waals surface area (Å²) in [5.41, 5.74) is 0.839. The molecular weight excluding hydrogens is 295 g/mol. The Hall–Kier alpha value is -1.46. The van der Waals surface area contributed by atoms with Crippen molar-refractivity contribution in [3.63, 3.8) is 0 Å². The van der Waals surface area contributed by atoms with Gasteiger partial charge in [0.05, 0.1) is 0 Å². The summed E-state index contributed by atoms with van der Waals surface area (Å²) in [7, 11) is 0. The maximum atomic E-state index is 13.7. The van der Waals surface area contributed by atoms with E-state index >= 15 is 0 Å². The molecule has 4 nitrogen and oxygen atoms in total. The number of rotatable bonds is 5. The number of carbonyl (C=O) groups excluding carboxylic acids is 1. The van der Waals surface area contributed by atoms with Gasteiger partial charge in [-0.3, -0.25) is 9.69 Å². The molecule has 1 amide bonds. The molecule has 1 aromatic rings. The molecule has 2 rings (SSSR count). The van der Waals surface area contributed by atoms with E-state index in [0.29, 0.717) is 36.6 Å². The van der Waals surface area contributed by atoms with E-state index in [1.165, 1.54) is 6.07 Å². The highest BCUT2D eigenvalue weighted by Crippen LogP contribution is 2.19. The monoisotopic (exact) mass is 322 g/mol. The number of carbonyl (C=O) groups is 1. The average molecular weight is 322 g/mol. The van der Waals surface area contributed by atoms with Crippen molar-refractivity contribution in [2.45, 2.75) is 33.2 Å². The maximum Gasteiger partial charge on any atom is 0.254 e. The van der Waals surface area contributed by atoms with Crippen molar-refractivity contribution in [3.05, 3.63) is 35.1 Å². The third-order valence-corrected chi connectivity index (χ3v) is 4.45. The SMILES string of the molecule is Cc1c(F)cccc1C(=O)N1CCN(CC(C)C)[C@@H](CCO)C1. The summed E-state index contributed by atoms with van der Waals surface area (Å²) in [6.07, 6.45) is 0.651. The minimum atomic E-state index is -0.346. The lowest BCUT2D eigenvalue weighted by molar-refractivity contribution is 0.0384. The Morgan fingerprint density at radius 2 is 2.13 bits per heavy atom. The van der Waals surface area contributed by atoms with Gasteiger partial charge in [0.25, 0.3) is 5.91 Å². The Kier molecular flexibility index (Phi) is 6.13. The van der Waals surface area contributed by atoms with E-state index in [1.54, 1.807) is 24.0 Å². The molecule has 1 atom stereocenters. The van der Waals surface area contributed by atoms with Crippen LogP contribution in [0.15, 0.2) is 18.2 Å². The van der Waals surface area contributed by atoms with Crippen molar-refractivity contribution >= 4 is 5.91 Å². The van der Waals surface area contributed by atoms with Gasteiger partial charge in [0.2, 0.25) is 0 Å². The van der Waals surface area contributed by atoms with E-state index in [0.717, 1.165) is 13.1 Å². The molecule has 1 saturated heterocycles. The van der Waals surface area contributed by atoms with Crippen LogP contribution in [0.1, 0.15) is 36.2 Å². The fraction of sp³-hybridized carbons (Fsp3) is 0.611. The Bertz CT molecular complexity index is 548. The van der Waals surface area contributed by atoms with Crippen molar-refractivity contribution in [1.29, 1.82) is 0 Å². The first kappa shape index (κ1) is 17.9. The number of hydrogen-bond donors (Lipinski definition) is 1. The van der Waals surface area contributed by atoms with Gasteiger partial charge in [-0.2, -0.15) is 0 Å². The van der Waals surface area contributed by atoms with Gasteiger partial charge in [0, 0.05) is 44.4 Å². The second-order valence-electron chi connectivity index (χ2n) is 6.72. The molecule has 0 spiro atoms. The standard InChI is InChI=1S/C18H27FN2O2/c1-13(2)11-20-8-9-21(12-15(20)7-10-22)18(23)16-5-4-6-17(19)14(16)3/h4-6,13,15,22H,7-12H2,1-3H3/t15-/m0/s1. The van der Waals surface area contributed by atoms with Gasteiger partial charge < -0.3 is 10.0 Å². The fourth-order valence-electron chi connectivity index (χ4n) is 3.22. The second kappa shape index (κ2) is 7.88. The van der Waals surface area contributed by atoms with Crippen molar-refractivity contribution in [2.24, 2.45) is 5.92 Å². The van der Waals surface area contributed by atoms with Crippen LogP contribution in [0.3, 0.4) is 0 Å². The lowest BCUT2D eigenvalue weighted by Crippen LogP contribution is -2.55. The molecule has 0 unspecified atom stereocenters. The summed E-state index contributed by atoms with van der Waals surface area (Å²) >= 11 is 0. The maximum absolute atomic E-state index is 13.7. The summed E-state index contributed by atoms with van der Waals surface area (Å²) in [4.78, 5) is 16.9.